The lowest BCUT2D eigenvalue weighted by molar-refractivity contribution is 1.06. The van der Waals surface area contributed by atoms with Crippen molar-refractivity contribution in [3.8, 4) is 90.6 Å². The lowest BCUT2D eigenvalue weighted by atomic mass is 9.90. The van der Waals surface area contributed by atoms with E-state index >= 15 is 0 Å². The summed E-state index contributed by atoms with van der Waals surface area (Å²) in [6.45, 7) is 0. The second-order valence-corrected chi connectivity index (χ2v) is 15.1. The van der Waals surface area contributed by atoms with Gasteiger partial charge in [0.05, 0.1) is 0 Å². The Morgan fingerprint density at radius 2 is 0.371 bits per heavy atom. The van der Waals surface area contributed by atoms with Gasteiger partial charge in [0.1, 0.15) is 0 Å². The highest BCUT2D eigenvalue weighted by Crippen LogP contribution is 2.44. The maximum absolute atomic E-state index is 5.35. The Balaban J connectivity index is 1.18. The molecule has 0 radical (unpaired) electrons. The molecule has 11 rings (SSSR count). The van der Waals surface area contributed by atoms with Crippen LogP contribution in [0.3, 0.4) is 0 Å². The molecule has 6 heteroatoms. The number of aromatic nitrogens is 6. The maximum atomic E-state index is 5.35. The van der Waals surface area contributed by atoms with Crippen LogP contribution in [0.1, 0.15) is 0 Å². The first-order chi connectivity index (χ1) is 30.7. The van der Waals surface area contributed by atoms with Crippen LogP contribution in [0.2, 0.25) is 0 Å². The molecule has 2 heterocycles. The van der Waals surface area contributed by atoms with Gasteiger partial charge < -0.3 is 0 Å². The third kappa shape index (κ3) is 6.95. The fourth-order valence-electron chi connectivity index (χ4n) is 8.16. The molecule has 0 aliphatic carbocycles. The highest BCUT2D eigenvalue weighted by molar-refractivity contribution is 6.20. The molecule has 62 heavy (non-hydrogen) atoms. The molecule has 11 aromatic rings. The molecule has 0 N–H and O–H groups in total. The minimum atomic E-state index is 0.522. The van der Waals surface area contributed by atoms with E-state index in [1.165, 1.54) is 0 Å². The van der Waals surface area contributed by atoms with Crippen molar-refractivity contribution in [2.45, 2.75) is 0 Å². The second kappa shape index (κ2) is 15.9. The van der Waals surface area contributed by atoms with Crippen molar-refractivity contribution in [2.75, 3.05) is 0 Å². The molecule has 6 nitrogen and oxygen atoms in total. The molecule has 0 atom stereocenters. The van der Waals surface area contributed by atoms with Crippen LogP contribution in [0, 0.1) is 0 Å². The van der Waals surface area contributed by atoms with Crippen LogP contribution in [-0.4, -0.2) is 29.9 Å². The summed E-state index contributed by atoms with van der Waals surface area (Å²) in [7, 11) is 0. The van der Waals surface area contributed by atoms with E-state index in [1.54, 1.807) is 0 Å². The van der Waals surface area contributed by atoms with Gasteiger partial charge in [-0.05, 0) is 43.8 Å². The minimum Gasteiger partial charge on any atom is -0.208 e. The maximum Gasteiger partial charge on any atom is 0.165 e. The Morgan fingerprint density at radius 3 is 0.694 bits per heavy atom. The lowest BCUT2D eigenvalue weighted by Gasteiger charge is -2.18. The van der Waals surface area contributed by atoms with Crippen LogP contribution in [0.4, 0.5) is 0 Å². The number of hydrogen-bond acceptors (Lipinski definition) is 6. The first kappa shape index (κ1) is 36.6. The summed E-state index contributed by atoms with van der Waals surface area (Å²) < 4.78 is 0. The van der Waals surface area contributed by atoms with E-state index in [0.717, 1.165) is 77.2 Å². The highest BCUT2D eigenvalue weighted by atomic mass is 15.1. The standard InChI is InChI=1S/C56H36N6/c1-5-17-37(18-6-1)39-29-33-43(34-30-39)53-57-51(41-21-9-3-10-22-41)59-55(61-53)49-47-27-15-13-25-45(47)46-26-14-16-28-48(46)50(49)56-60-52(42-23-11-4-12-24-42)58-54(62-56)44-35-31-40(32-36-44)38-19-7-2-8-20-38/h1-36H. The molecule has 0 fully saturated rings. The van der Waals surface area contributed by atoms with Gasteiger partial charge in [-0.25, -0.2) is 29.9 Å². The first-order valence-corrected chi connectivity index (χ1v) is 20.6. The summed E-state index contributed by atoms with van der Waals surface area (Å²) in [5.41, 5.74) is 9.69. The quantitative estimate of drug-likeness (QED) is 0.143. The van der Waals surface area contributed by atoms with Crippen LogP contribution in [0.5, 0.6) is 0 Å². The van der Waals surface area contributed by atoms with E-state index in [1.807, 2.05) is 72.8 Å². The van der Waals surface area contributed by atoms with Gasteiger partial charge in [-0.3, -0.25) is 0 Å². The molecule has 0 saturated carbocycles. The summed E-state index contributed by atoms with van der Waals surface area (Å²) in [4.78, 5) is 31.6. The monoisotopic (exact) mass is 792 g/mol. The van der Waals surface area contributed by atoms with Crippen molar-refractivity contribution in [1.29, 1.82) is 0 Å². The normalized spacial score (nSPS) is 11.2. The van der Waals surface area contributed by atoms with Crippen LogP contribution in [-0.2, 0) is 0 Å². The van der Waals surface area contributed by atoms with E-state index < -0.39 is 0 Å². The largest absolute Gasteiger partial charge is 0.208 e. The van der Waals surface area contributed by atoms with Crippen LogP contribution in [0.15, 0.2) is 218 Å². The molecule has 0 amide bonds. The molecule has 0 unspecified atom stereocenters. The molecular weight excluding hydrogens is 757 g/mol. The summed E-state index contributed by atoms with van der Waals surface area (Å²) >= 11 is 0. The number of rotatable bonds is 8. The van der Waals surface area contributed by atoms with Gasteiger partial charge in [0.25, 0.3) is 0 Å². The van der Waals surface area contributed by atoms with E-state index in [0.29, 0.717) is 34.9 Å². The van der Waals surface area contributed by atoms with Crippen molar-refractivity contribution in [1.82, 2.24) is 29.9 Å². The zero-order chi connectivity index (χ0) is 41.2. The highest BCUT2D eigenvalue weighted by Gasteiger charge is 2.25. The lowest BCUT2D eigenvalue weighted by Crippen LogP contribution is -2.05. The Bertz CT molecular complexity index is 3130. The SMILES string of the molecule is c1ccc(-c2ccc(-c3nc(-c4ccccc4)nc(-c4c(-c5nc(-c6ccccc6)nc(-c6ccc(-c7ccccc7)cc6)n5)c5ccccc5c5ccccc45)n3)cc2)cc1. The van der Waals surface area contributed by atoms with Crippen molar-refractivity contribution in [3.05, 3.63) is 218 Å². The van der Waals surface area contributed by atoms with Crippen LogP contribution < -0.4 is 0 Å². The molecular formula is C56H36N6. The molecule has 290 valence electrons. The van der Waals surface area contributed by atoms with E-state index in [9.17, 15) is 0 Å². The fourth-order valence-corrected chi connectivity index (χ4v) is 8.16. The second-order valence-electron chi connectivity index (χ2n) is 15.1. The minimum absolute atomic E-state index is 0.522. The zero-order valence-electron chi connectivity index (χ0n) is 33.5. The zero-order valence-corrected chi connectivity index (χ0v) is 33.5. The number of hydrogen-bond donors (Lipinski definition) is 0. The van der Waals surface area contributed by atoms with E-state index in [-0.39, 0.29) is 0 Å². The first-order valence-electron chi connectivity index (χ1n) is 20.6. The Kier molecular flexibility index (Phi) is 9.41. The third-order valence-electron chi connectivity index (χ3n) is 11.2. The third-order valence-corrected chi connectivity index (χ3v) is 11.2. The van der Waals surface area contributed by atoms with Gasteiger partial charge >= 0.3 is 0 Å². The van der Waals surface area contributed by atoms with Gasteiger partial charge in [-0.1, -0.05) is 218 Å². The smallest absolute Gasteiger partial charge is 0.165 e. The van der Waals surface area contributed by atoms with Crippen LogP contribution >= 0.6 is 0 Å². The van der Waals surface area contributed by atoms with E-state index in [2.05, 4.69) is 146 Å². The van der Waals surface area contributed by atoms with Gasteiger partial charge in [0.15, 0.2) is 34.9 Å². The van der Waals surface area contributed by atoms with Crippen molar-refractivity contribution >= 4 is 21.5 Å². The Hall–Kier alpha value is -8.48. The van der Waals surface area contributed by atoms with Crippen molar-refractivity contribution < 1.29 is 0 Å². The summed E-state index contributed by atoms with van der Waals surface area (Å²) in [5, 5.41) is 4.11. The van der Waals surface area contributed by atoms with E-state index in [4.69, 9.17) is 29.9 Å². The molecule has 0 aliphatic heterocycles. The summed E-state index contributed by atoms with van der Waals surface area (Å²) in [6, 6.07) is 74.7. The average Bonchev–Trinajstić information content (AvgIpc) is 3.37. The van der Waals surface area contributed by atoms with Gasteiger partial charge in [-0.2, -0.15) is 0 Å². The Morgan fingerprint density at radius 1 is 0.161 bits per heavy atom. The van der Waals surface area contributed by atoms with Gasteiger partial charge in [0.2, 0.25) is 0 Å². The number of fused-ring (bicyclic) bond motifs is 3. The molecule has 0 aliphatic rings. The van der Waals surface area contributed by atoms with Crippen molar-refractivity contribution in [2.24, 2.45) is 0 Å². The van der Waals surface area contributed by atoms with Crippen LogP contribution in [0.25, 0.3) is 112 Å². The molecule has 2 aromatic heterocycles. The van der Waals surface area contributed by atoms with Crippen molar-refractivity contribution in [3.63, 3.8) is 0 Å². The van der Waals surface area contributed by atoms with Gasteiger partial charge in [0, 0.05) is 33.4 Å². The molecule has 9 aromatic carbocycles. The average molecular weight is 793 g/mol. The summed E-state index contributed by atoms with van der Waals surface area (Å²) in [5.74, 6) is 3.32. The predicted octanol–water partition coefficient (Wildman–Crippen LogP) is 13.7. The number of nitrogens with zero attached hydrogens (tertiary/aromatic N) is 6. The summed E-state index contributed by atoms with van der Waals surface area (Å²) in [6.07, 6.45) is 0. The molecule has 0 bridgehead atoms. The van der Waals surface area contributed by atoms with Gasteiger partial charge in [-0.15, -0.1) is 0 Å². The molecule has 0 saturated heterocycles. The molecule has 0 spiro atoms. The topological polar surface area (TPSA) is 77.3 Å². The number of benzene rings is 9. The Labute approximate surface area is 359 Å². The fraction of sp³-hybridized carbons (Fsp3) is 0. The predicted molar refractivity (Wildman–Crippen MR) is 252 cm³/mol.